The largest absolute Gasteiger partial charge is 0.465 e. The number of nitrogens with one attached hydrogen (secondary N) is 1. The number of aryl methyl sites for hydroxylation is 1. The molecule has 0 radical (unpaired) electrons. The van der Waals surface area contributed by atoms with E-state index in [2.05, 4.69) is 5.32 Å². The van der Waals surface area contributed by atoms with Gasteiger partial charge in [0.15, 0.2) is 5.43 Å². The summed E-state index contributed by atoms with van der Waals surface area (Å²) in [4.78, 5) is 25.0. The van der Waals surface area contributed by atoms with Gasteiger partial charge in [-0.15, -0.1) is 0 Å². The van der Waals surface area contributed by atoms with Crippen molar-refractivity contribution < 1.29 is 15.0 Å². The number of para-hydroxylation sites is 1. The van der Waals surface area contributed by atoms with Gasteiger partial charge >= 0.3 is 6.09 Å². The number of nitrogens with zero attached hydrogens (tertiary/aromatic N) is 2. The highest BCUT2D eigenvalue weighted by Gasteiger charge is 2.29. The molecule has 24 heavy (non-hydrogen) atoms. The van der Waals surface area contributed by atoms with E-state index in [0.29, 0.717) is 23.9 Å². The van der Waals surface area contributed by atoms with Gasteiger partial charge in [0.05, 0.1) is 17.7 Å². The van der Waals surface area contributed by atoms with Crippen LogP contribution in [0.3, 0.4) is 0 Å². The molecule has 1 aromatic carbocycles. The number of aromatic nitrogens is 1. The lowest BCUT2D eigenvalue weighted by atomic mass is 10.0. The van der Waals surface area contributed by atoms with Crippen LogP contribution in [-0.2, 0) is 13.6 Å². The van der Waals surface area contributed by atoms with Gasteiger partial charge in [-0.25, -0.2) is 4.79 Å². The Morgan fingerprint density at radius 1 is 1.38 bits per heavy atom. The minimum atomic E-state index is -0.990. The van der Waals surface area contributed by atoms with E-state index in [1.54, 1.807) is 12.3 Å². The topological polar surface area (TPSA) is 94.8 Å². The van der Waals surface area contributed by atoms with E-state index in [9.17, 15) is 14.7 Å². The average molecular weight is 331 g/mol. The maximum absolute atomic E-state index is 12.6. The SMILES string of the molecule is Cn1cc(CN[C@@H]2CN(C(=O)O)CC[C@H]2O)c(=O)c2ccccc21. The highest BCUT2D eigenvalue weighted by Crippen LogP contribution is 2.13. The number of benzene rings is 1. The van der Waals surface area contributed by atoms with Crippen molar-refractivity contribution >= 4 is 17.0 Å². The third-order valence-electron chi connectivity index (χ3n) is 4.57. The first kappa shape index (κ1) is 16.5. The molecule has 2 aromatic rings. The molecule has 0 spiro atoms. The number of aliphatic hydroxyl groups excluding tert-OH is 1. The molecule has 128 valence electrons. The number of likely N-dealkylation sites (tertiary alicyclic amines) is 1. The fraction of sp³-hybridized carbons (Fsp3) is 0.412. The lowest BCUT2D eigenvalue weighted by Crippen LogP contribution is -2.54. The van der Waals surface area contributed by atoms with Crippen LogP contribution in [0.1, 0.15) is 12.0 Å². The second-order valence-electron chi connectivity index (χ2n) is 6.18. The van der Waals surface area contributed by atoms with Crippen LogP contribution in [-0.4, -0.2) is 51.0 Å². The number of fused-ring (bicyclic) bond motifs is 1. The van der Waals surface area contributed by atoms with E-state index in [4.69, 9.17) is 5.11 Å². The smallest absolute Gasteiger partial charge is 0.407 e. The molecule has 3 rings (SSSR count). The van der Waals surface area contributed by atoms with Crippen LogP contribution in [0.4, 0.5) is 4.79 Å². The van der Waals surface area contributed by atoms with E-state index in [-0.39, 0.29) is 24.6 Å². The molecule has 7 heteroatoms. The van der Waals surface area contributed by atoms with Crippen molar-refractivity contribution in [1.29, 1.82) is 0 Å². The lowest BCUT2D eigenvalue weighted by molar-refractivity contribution is 0.0472. The van der Waals surface area contributed by atoms with Crippen molar-refractivity contribution in [1.82, 2.24) is 14.8 Å². The van der Waals surface area contributed by atoms with Gasteiger partial charge in [-0.2, -0.15) is 0 Å². The number of hydrogen-bond donors (Lipinski definition) is 3. The standard InChI is InChI=1S/C17H21N3O4/c1-19-9-11(16(22)12-4-2-3-5-14(12)19)8-18-13-10-20(17(23)24)7-6-15(13)21/h2-5,9,13,15,18,21H,6-8,10H2,1H3,(H,23,24)/t13-,15-/m1/s1. The Morgan fingerprint density at radius 3 is 2.88 bits per heavy atom. The molecule has 0 bridgehead atoms. The number of rotatable bonds is 3. The summed E-state index contributed by atoms with van der Waals surface area (Å²) in [6.07, 6.45) is 0.557. The fourth-order valence-electron chi connectivity index (χ4n) is 3.19. The molecule has 1 amide bonds. The molecule has 2 atom stereocenters. The van der Waals surface area contributed by atoms with E-state index in [0.717, 1.165) is 5.52 Å². The van der Waals surface area contributed by atoms with Crippen LogP contribution in [0.25, 0.3) is 10.9 Å². The molecule has 1 aliphatic heterocycles. The number of aliphatic hydroxyl groups is 1. The summed E-state index contributed by atoms with van der Waals surface area (Å²) in [6.45, 7) is 0.823. The van der Waals surface area contributed by atoms with Gasteiger partial charge in [-0.05, 0) is 18.6 Å². The van der Waals surface area contributed by atoms with Gasteiger partial charge in [0.25, 0.3) is 0 Å². The van der Waals surface area contributed by atoms with Crippen molar-refractivity contribution in [2.75, 3.05) is 13.1 Å². The van der Waals surface area contributed by atoms with Gasteiger partial charge in [-0.3, -0.25) is 4.79 Å². The number of carboxylic acid groups (broad SMARTS) is 1. The lowest BCUT2D eigenvalue weighted by Gasteiger charge is -2.35. The summed E-state index contributed by atoms with van der Waals surface area (Å²) in [5.74, 6) is 0. The van der Waals surface area contributed by atoms with Crippen LogP contribution in [0.2, 0.25) is 0 Å². The summed E-state index contributed by atoms with van der Waals surface area (Å²) >= 11 is 0. The van der Waals surface area contributed by atoms with Crippen LogP contribution in [0.5, 0.6) is 0 Å². The monoisotopic (exact) mass is 331 g/mol. The summed E-state index contributed by atoms with van der Waals surface area (Å²) in [7, 11) is 1.88. The molecule has 1 aliphatic rings. The number of carbonyl (C=O) groups is 1. The molecule has 1 aromatic heterocycles. The summed E-state index contributed by atoms with van der Waals surface area (Å²) < 4.78 is 1.90. The molecule has 2 heterocycles. The Kier molecular flexibility index (Phi) is 4.55. The van der Waals surface area contributed by atoms with Crippen LogP contribution in [0, 0.1) is 0 Å². The number of amides is 1. The minimum absolute atomic E-state index is 0.0448. The molecule has 7 nitrogen and oxygen atoms in total. The first-order valence-corrected chi connectivity index (χ1v) is 7.94. The van der Waals surface area contributed by atoms with Crippen LogP contribution in [0.15, 0.2) is 35.3 Å². The molecule has 0 aliphatic carbocycles. The van der Waals surface area contributed by atoms with Gasteiger partial charge < -0.3 is 25.0 Å². The third-order valence-corrected chi connectivity index (χ3v) is 4.57. The maximum atomic E-state index is 12.6. The van der Waals surface area contributed by atoms with Crippen molar-refractivity contribution in [2.45, 2.75) is 25.1 Å². The first-order chi connectivity index (χ1) is 11.5. The Hall–Kier alpha value is -2.38. The predicted molar refractivity (Wildman–Crippen MR) is 90.0 cm³/mol. The summed E-state index contributed by atoms with van der Waals surface area (Å²) in [5.41, 5.74) is 1.41. The zero-order valence-electron chi connectivity index (χ0n) is 13.5. The van der Waals surface area contributed by atoms with Crippen LogP contribution >= 0.6 is 0 Å². The van der Waals surface area contributed by atoms with Gasteiger partial charge in [0.1, 0.15) is 0 Å². The van der Waals surface area contributed by atoms with Crippen molar-refractivity contribution in [3.63, 3.8) is 0 Å². The second-order valence-corrected chi connectivity index (χ2v) is 6.18. The third kappa shape index (κ3) is 3.13. The number of pyridine rings is 1. The number of piperidine rings is 1. The Bertz CT molecular complexity index is 817. The van der Waals surface area contributed by atoms with E-state index in [1.165, 1.54) is 4.90 Å². The molecule has 0 unspecified atom stereocenters. The second kappa shape index (κ2) is 6.62. The molecular formula is C17H21N3O4. The van der Waals surface area contributed by atoms with Crippen molar-refractivity contribution in [2.24, 2.45) is 7.05 Å². The maximum Gasteiger partial charge on any atom is 0.407 e. The van der Waals surface area contributed by atoms with Crippen molar-refractivity contribution in [3.05, 3.63) is 46.2 Å². The Labute approximate surface area is 139 Å². The zero-order valence-corrected chi connectivity index (χ0v) is 13.5. The molecule has 1 saturated heterocycles. The van der Waals surface area contributed by atoms with E-state index >= 15 is 0 Å². The summed E-state index contributed by atoms with van der Waals surface area (Å²) in [5, 5.41) is 23.0. The van der Waals surface area contributed by atoms with E-state index in [1.807, 2.05) is 29.8 Å². The zero-order chi connectivity index (χ0) is 17.3. The molecular weight excluding hydrogens is 310 g/mol. The molecule has 0 saturated carbocycles. The summed E-state index contributed by atoms with van der Waals surface area (Å²) in [6, 6.07) is 7.02. The highest BCUT2D eigenvalue weighted by atomic mass is 16.4. The highest BCUT2D eigenvalue weighted by molar-refractivity contribution is 5.79. The molecule has 1 fully saturated rings. The number of hydrogen-bond acceptors (Lipinski definition) is 4. The average Bonchev–Trinajstić information content (AvgIpc) is 2.58. The van der Waals surface area contributed by atoms with Gasteiger partial charge in [0.2, 0.25) is 0 Å². The fourth-order valence-corrected chi connectivity index (χ4v) is 3.19. The predicted octanol–water partition coefficient (Wildman–Crippen LogP) is 0.741. The quantitative estimate of drug-likeness (QED) is 0.771. The minimum Gasteiger partial charge on any atom is -0.465 e. The van der Waals surface area contributed by atoms with Gasteiger partial charge in [0, 0.05) is 43.8 Å². The normalized spacial score (nSPS) is 21.2. The van der Waals surface area contributed by atoms with E-state index < -0.39 is 12.2 Å². The Balaban J connectivity index is 1.79. The molecule has 3 N–H and O–H groups in total. The van der Waals surface area contributed by atoms with Crippen LogP contribution < -0.4 is 10.7 Å². The Morgan fingerprint density at radius 2 is 2.12 bits per heavy atom. The van der Waals surface area contributed by atoms with Gasteiger partial charge in [-0.1, -0.05) is 12.1 Å². The first-order valence-electron chi connectivity index (χ1n) is 7.94. The van der Waals surface area contributed by atoms with Crippen molar-refractivity contribution in [3.8, 4) is 0 Å².